The third-order valence-corrected chi connectivity index (χ3v) is 7.62. The van der Waals surface area contributed by atoms with Gasteiger partial charge in [0.15, 0.2) is 0 Å². The molecule has 0 radical (unpaired) electrons. The molecule has 0 bridgehead atoms. The number of benzene rings is 2. The van der Waals surface area contributed by atoms with Gasteiger partial charge >= 0.3 is 0 Å². The van der Waals surface area contributed by atoms with Crippen LogP contribution in [0.15, 0.2) is 42.5 Å². The van der Waals surface area contributed by atoms with Crippen LogP contribution in [0, 0.1) is 17.8 Å². The van der Waals surface area contributed by atoms with E-state index in [2.05, 4.69) is 56.3 Å². The summed E-state index contributed by atoms with van der Waals surface area (Å²) in [4.78, 5) is 0. The normalized spacial score (nSPS) is 24.7. The van der Waals surface area contributed by atoms with Gasteiger partial charge in [-0.3, -0.25) is 0 Å². The highest BCUT2D eigenvalue weighted by atomic mass is 14.3. The molecule has 0 aliphatic heterocycles. The van der Waals surface area contributed by atoms with E-state index < -0.39 is 0 Å². The summed E-state index contributed by atoms with van der Waals surface area (Å²) in [5.74, 6) is 2.76. The Morgan fingerprint density at radius 2 is 1.29 bits per heavy atom. The lowest BCUT2D eigenvalue weighted by Crippen LogP contribution is -2.18. The molecule has 150 valence electrons. The molecule has 0 N–H and O–H groups in total. The van der Waals surface area contributed by atoms with Crippen LogP contribution in [-0.4, -0.2) is 0 Å². The highest BCUT2D eigenvalue weighted by molar-refractivity contribution is 5.35. The second-order valence-corrected chi connectivity index (χ2v) is 9.59. The van der Waals surface area contributed by atoms with Crippen LogP contribution in [0.3, 0.4) is 0 Å². The van der Waals surface area contributed by atoms with Crippen LogP contribution in [0.2, 0.25) is 0 Å². The molecule has 2 aliphatic carbocycles. The summed E-state index contributed by atoms with van der Waals surface area (Å²) < 4.78 is 0. The van der Waals surface area contributed by atoms with E-state index in [9.17, 15) is 0 Å². The van der Waals surface area contributed by atoms with E-state index in [0.717, 1.165) is 24.2 Å². The van der Waals surface area contributed by atoms with Crippen LogP contribution < -0.4 is 0 Å². The Morgan fingerprint density at radius 3 is 2.00 bits per heavy atom. The van der Waals surface area contributed by atoms with E-state index in [1.165, 1.54) is 75.3 Å². The molecule has 0 heterocycles. The lowest BCUT2D eigenvalue weighted by molar-refractivity contribution is 0.268. The Morgan fingerprint density at radius 1 is 0.643 bits per heavy atom. The average Bonchev–Trinajstić information content (AvgIpc) is 2.75. The quantitative estimate of drug-likeness (QED) is 0.495. The predicted octanol–water partition coefficient (Wildman–Crippen LogP) is 7.36. The van der Waals surface area contributed by atoms with E-state index in [4.69, 9.17) is 0 Å². The first kappa shape index (κ1) is 19.7. The number of aryl methyl sites for hydroxylation is 2. The Labute approximate surface area is 172 Å². The molecule has 2 aromatic carbocycles. The van der Waals surface area contributed by atoms with Crippen LogP contribution >= 0.6 is 0 Å². The zero-order valence-corrected chi connectivity index (χ0v) is 18.1. The third-order valence-electron chi connectivity index (χ3n) is 7.62. The molecular formula is C28H38. The fourth-order valence-electron chi connectivity index (χ4n) is 5.61. The zero-order chi connectivity index (χ0) is 19.3. The summed E-state index contributed by atoms with van der Waals surface area (Å²) in [6, 6.07) is 16.8. The summed E-state index contributed by atoms with van der Waals surface area (Å²) in [6.07, 6.45) is 14.8. The number of rotatable bonds is 6. The maximum atomic E-state index is 2.56. The molecule has 1 saturated carbocycles. The fourth-order valence-corrected chi connectivity index (χ4v) is 5.61. The summed E-state index contributed by atoms with van der Waals surface area (Å²) in [5, 5.41) is 0. The molecule has 1 fully saturated rings. The van der Waals surface area contributed by atoms with Crippen LogP contribution in [-0.2, 0) is 32.1 Å². The predicted molar refractivity (Wildman–Crippen MR) is 121 cm³/mol. The average molecular weight is 375 g/mol. The van der Waals surface area contributed by atoms with Crippen LogP contribution in [0.5, 0.6) is 0 Å². The SMILES string of the molecule is CCc1ccc(CC2CCc3cc(CC4CCC(CC)CC4)ccc3C2)cc1. The summed E-state index contributed by atoms with van der Waals surface area (Å²) >= 11 is 0. The maximum Gasteiger partial charge on any atom is -0.0244 e. The third kappa shape index (κ3) is 4.88. The van der Waals surface area contributed by atoms with Crippen LogP contribution in [0.25, 0.3) is 0 Å². The van der Waals surface area contributed by atoms with Crippen LogP contribution in [0.4, 0.5) is 0 Å². The molecule has 1 atom stereocenters. The van der Waals surface area contributed by atoms with Gasteiger partial charge in [-0.25, -0.2) is 0 Å². The molecule has 0 heteroatoms. The highest BCUT2D eigenvalue weighted by Crippen LogP contribution is 2.34. The highest BCUT2D eigenvalue weighted by Gasteiger charge is 2.22. The van der Waals surface area contributed by atoms with E-state index in [0.29, 0.717) is 0 Å². The van der Waals surface area contributed by atoms with Gasteiger partial charge in [0.1, 0.15) is 0 Å². The molecule has 28 heavy (non-hydrogen) atoms. The standard InChI is InChI=1S/C28H38/c1-3-21-5-9-23(10-6-21)17-25-13-15-28-20-26(14-16-27(28)19-25)18-24-11-7-22(4-2)8-12-24/h5-6,9-10,14,16,20,22,24-25H,3-4,7-8,11-13,15,17-19H2,1-2H3. The Kier molecular flexibility index (Phi) is 6.55. The molecule has 0 nitrogen and oxygen atoms in total. The number of hydrogen-bond acceptors (Lipinski definition) is 0. The van der Waals surface area contributed by atoms with Crippen LogP contribution in [0.1, 0.15) is 80.2 Å². The minimum Gasteiger partial charge on any atom is -0.0651 e. The van der Waals surface area contributed by atoms with Crippen molar-refractivity contribution in [3.63, 3.8) is 0 Å². The maximum absolute atomic E-state index is 2.56. The summed E-state index contributed by atoms with van der Waals surface area (Å²) in [6.45, 7) is 4.60. The van der Waals surface area contributed by atoms with E-state index in [1.54, 1.807) is 16.7 Å². The van der Waals surface area contributed by atoms with Crippen molar-refractivity contribution in [1.29, 1.82) is 0 Å². The minimum absolute atomic E-state index is 0.815. The molecule has 1 unspecified atom stereocenters. The summed E-state index contributed by atoms with van der Waals surface area (Å²) in [5.41, 5.74) is 7.85. The first-order valence-corrected chi connectivity index (χ1v) is 11.9. The van der Waals surface area contributed by atoms with Gasteiger partial charge in [-0.2, -0.15) is 0 Å². The first-order valence-electron chi connectivity index (χ1n) is 11.9. The molecule has 0 aromatic heterocycles. The van der Waals surface area contributed by atoms with Crippen molar-refractivity contribution in [1.82, 2.24) is 0 Å². The van der Waals surface area contributed by atoms with E-state index >= 15 is 0 Å². The van der Waals surface area contributed by atoms with E-state index in [1.807, 2.05) is 0 Å². The van der Waals surface area contributed by atoms with Gasteiger partial charge in [0, 0.05) is 0 Å². The van der Waals surface area contributed by atoms with Gasteiger partial charge in [-0.05, 0) is 96.9 Å². The molecular weight excluding hydrogens is 336 g/mol. The first-order chi connectivity index (χ1) is 13.7. The second kappa shape index (κ2) is 9.29. The lowest BCUT2D eigenvalue weighted by Gasteiger charge is -2.29. The van der Waals surface area contributed by atoms with Crippen molar-refractivity contribution < 1.29 is 0 Å². The largest absolute Gasteiger partial charge is 0.0651 e. The molecule has 0 spiro atoms. The molecule has 0 amide bonds. The molecule has 0 saturated heterocycles. The topological polar surface area (TPSA) is 0 Å². The van der Waals surface area contributed by atoms with Gasteiger partial charge in [0.25, 0.3) is 0 Å². The fraction of sp³-hybridized carbons (Fsp3) is 0.571. The van der Waals surface area contributed by atoms with Crippen molar-refractivity contribution in [2.45, 2.75) is 84.5 Å². The number of fused-ring (bicyclic) bond motifs is 1. The Hall–Kier alpha value is -1.56. The smallest absolute Gasteiger partial charge is 0.0244 e. The Bertz CT molecular complexity index is 746. The van der Waals surface area contributed by atoms with E-state index in [-0.39, 0.29) is 0 Å². The van der Waals surface area contributed by atoms with Crippen molar-refractivity contribution in [3.05, 3.63) is 70.3 Å². The molecule has 4 rings (SSSR count). The van der Waals surface area contributed by atoms with Crippen molar-refractivity contribution >= 4 is 0 Å². The second-order valence-electron chi connectivity index (χ2n) is 9.59. The monoisotopic (exact) mass is 374 g/mol. The Balaban J connectivity index is 1.33. The number of hydrogen-bond donors (Lipinski definition) is 0. The minimum atomic E-state index is 0.815. The van der Waals surface area contributed by atoms with Crippen molar-refractivity contribution in [3.8, 4) is 0 Å². The summed E-state index contributed by atoms with van der Waals surface area (Å²) in [7, 11) is 0. The van der Waals surface area contributed by atoms with Crippen molar-refractivity contribution in [2.75, 3.05) is 0 Å². The van der Waals surface area contributed by atoms with Gasteiger partial charge < -0.3 is 0 Å². The lowest BCUT2D eigenvalue weighted by atomic mass is 9.77. The molecule has 2 aromatic rings. The van der Waals surface area contributed by atoms with Gasteiger partial charge in [0.05, 0.1) is 0 Å². The molecule has 2 aliphatic rings. The van der Waals surface area contributed by atoms with Gasteiger partial charge in [-0.15, -0.1) is 0 Å². The van der Waals surface area contributed by atoms with Gasteiger partial charge in [0.2, 0.25) is 0 Å². The zero-order valence-electron chi connectivity index (χ0n) is 18.1. The van der Waals surface area contributed by atoms with Crippen molar-refractivity contribution in [2.24, 2.45) is 17.8 Å². The van der Waals surface area contributed by atoms with Gasteiger partial charge in [-0.1, -0.05) is 75.6 Å².